The monoisotopic (exact) mass is 256 g/mol. The molecule has 0 radical (unpaired) electrons. The van der Waals surface area contributed by atoms with Gasteiger partial charge in [-0.3, -0.25) is 0 Å². The lowest BCUT2D eigenvalue weighted by Crippen LogP contribution is -2.24. The zero-order valence-electron chi connectivity index (χ0n) is 9.15. The molecule has 0 bridgehead atoms. The van der Waals surface area contributed by atoms with Crippen molar-refractivity contribution in [3.05, 3.63) is 18.0 Å². The number of aromatic carboxylic acids is 1. The highest BCUT2D eigenvalue weighted by atomic mass is 32.2. The molecule has 0 saturated carbocycles. The quantitative estimate of drug-likeness (QED) is 0.524. The molecule has 0 aliphatic carbocycles. The van der Waals surface area contributed by atoms with E-state index in [1.807, 2.05) is 0 Å². The van der Waals surface area contributed by atoms with Crippen molar-refractivity contribution in [3.63, 3.8) is 0 Å². The minimum Gasteiger partial charge on any atom is -0.477 e. The fourth-order valence-electron chi connectivity index (χ4n) is 1.11. The van der Waals surface area contributed by atoms with Gasteiger partial charge in [0.1, 0.15) is 10.6 Å². The van der Waals surface area contributed by atoms with E-state index in [-0.39, 0.29) is 17.1 Å². The van der Waals surface area contributed by atoms with E-state index in [2.05, 4.69) is 21.5 Å². The Labute approximate surface area is 99.1 Å². The molecule has 3 N–H and O–H groups in total. The third kappa shape index (κ3) is 3.62. The molecule has 0 aromatic carbocycles. The smallest absolute Gasteiger partial charge is 0.352 e. The van der Waals surface area contributed by atoms with Gasteiger partial charge in [0, 0.05) is 19.2 Å². The van der Waals surface area contributed by atoms with Crippen molar-refractivity contribution in [2.24, 2.45) is 0 Å². The van der Waals surface area contributed by atoms with Crippen LogP contribution in [-0.4, -0.2) is 31.0 Å². The third-order valence-electron chi connectivity index (χ3n) is 1.92. The summed E-state index contributed by atoms with van der Waals surface area (Å²) in [4.78, 5) is 12.8. The molecule has 0 unspecified atom stereocenters. The Kier molecular flexibility index (Phi) is 4.31. The molecular weight excluding hydrogens is 244 g/mol. The van der Waals surface area contributed by atoms with Gasteiger partial charge in [0.25, 0.3) is 0 Å². The number of aromatic amines is 1. The average Bonchev–Trinajstić information content (AvgIpc) is 2.74. The second kappa shape index (κ2) is 5.52. The molecule has 0 fully saturated rings. The molecule has 92 valence electrons. The van der Waals surface area contributed by atoms with Crippen LogP contribution in [0.1, 0.15) is 23.8 Å². The van der Waals surface area contributed by atoms with Crippen LogP contribution in [0, 0.1) is 11.8 Å². The van der Waals surface area contributed by atoms with Gasteiger partial charge in [-0.2, -0.15) is 0 Å². The van der Waals surface area contributed by atoms with Crippen molar-refractivity contribution in [3.8, 4) is 11.8 Å². The maximum absolute atomic E-state index is 11.7. The van der Waals surface area contributed by atoms with Gasteiger partial charge in [0.2, 0.25) is 10.0 Å². The number of sulfonamides is 1. The van der Waals surface area contributed by atoms with Crippen molar-refractivity contribution >= 4 is 16.0 Å². The summed E-state index contributed by atoms with van der Waals surface area (Å²) < 4.78 is 25.6. The summed E-state index contributed by atoms with van der Waals surface area (Å²) in [5, 5.41) is 8.65. The van der Waals surface area contributed by atoms with Crippen LogP contribution in [0.15, 0.2) is 17.2 Å². The van der Waals surface area contributed by atoms with Crippen LogP contribution in [0.2, 0.25) is 0 Å². The fourth-order valence-corrected chi connectivity index (χ4v) is 2.13. The molecule has 0 saturated heterocycles. The van der Waals surface area contributed by atoms with Crippen molar-refractivity contribution in [2.75, 3.05) is 6.54 Å². The summed E-state index contributed by atoms with van der Waals surface area (Å²) in [6.07, 6.45) is 1.54. The third-order valence-corrected chi connectivity index (χ3v) is 3.36. The maximum atomic E-state index is 11.7. The number of rotatable bonds is 5. The van der Waals surface area contributed by atoms with Crippen molar-refractivity contribution in [1.82, 2.24) is 9.71 Å². The molecule has 1 aromatic heterocycles. The normalized spacial score (nSPS) is 10.6. The molecule has 1 aromatic rings. The lowest BCUT2D eigenvalue weighted by atomic mass is 10.4. The van der Waals surface area contributed by atoms with Crippen LogP contribution >= 0.6 is 0 Å². The fraction of sp³-hybridized carbons (Fsp3) is 0.300. The Morgan fingerprint density at radius 1 is 1.59 bits per heavy atom. The van der Waals surface area contributed by atoms with Crippen molar-refractivity contribution < 1.29 is 18.3 Å². The molecule has 7 heteroatoms. The van der Waals surface area contributed by atoms with Gasteiger partial charge in [-0.25, -0.2) is 17.9 Å². The Hall–Kier alpha value is -1.78. The Bertz CT molecular complexity index is 563. The first-order chi connectivity index (χ1) is 7.97. The number of nitrogens with one attached hydrogen (secondary N) is 2. The minimum atomic E-state index is -3.67. The van der Waals surface area contributed by atoms with E-state index in [1.54, 1.807) is 6.92 Å². The van der Waals surface area contributed by atoms with Crippen LogP contribution in [0.5, 0.6) is 0 Å². The van der Waals surface area contributed by atoms with E-state index in [4.69, 9.17) is 5.11 Å². The van der Waals surface area contributed by atoms with Crippen LogP contribution < -0.4 is 4.72 Å². The van der Waals surface area contributed by atoms with Crippen LogP contribution in [0.4, 0.5) is 0 Å². The first-order valence-corrected chi connectivity index (χ1v) is 6.26. The van der Waals surface area contributed by atoms with Gasteiger partial charge in [0.05, 0.1) is 0 Å². The molecule has 17 heavy (non-hydrogen) atoms. The molecule has 1 rings (SSSR count). The van der Waals surface area contributed by atoms with Crippen LogP contribution in [0.3, 0.4) is 0 Å². The van der Waals surface area contributed by atoms with Gasteiger partial charge < -0.3 is 10.1 Å². The first kappa shape index (κ1) is 13.3. The highest BCUT2D eigenvalue weighted by Crippen LogP contribution is 2.10. The number of carboxylic acid groups (broad SMARTS) is 1. The van der Waals surface area contributed by atoms with Gasteiger partial charge in [-0.1, -0.05) is 0 Å². The molecule has 6 nitrogen and oxygen atoms in total. The number of carbonyl (C=O) groups is 1. The summed E-state index contributed by atoms with van der Waals surface area (Å²) in [6.45, 7) is 1.86. The Morgan fingerprint density at radius 2 is 2.29 bits per heavy atom. The zero-order valence-corrected chi connectivity index (χ0v) is 9.97. The Morgan fingerprint density at radius 3 is 2.82 bits per heavy atom. The molecule has 0 spiro atoms. The van der Waals surface area contributed by atoms with E-state index in [9.17, 15) is 13.2 Å². The summed E-state index contributed by atoms with van der Waals surface area (Å²) in [6, 6.07) is 1.07. The minimum absolute atomic E-state index is 0.0978. The van der Waals surface area contributed by atoms with E-state index in [0.717, 1.165) is 12.3 Å². The van der Waals surface area contributed by atoms with Crippen LogP contribution in [0.25, 0.3) is 0 Å². The number of hydrogen-bond acceptors (Lipinski definition) is 3. The van der Waals surface area contributed by atoms with Crippen LogP contribution in [-0.2, 0) is 10.0 Å². The lowest BCUT2D eigenvalue weighted by molar-refractivity contribution is 0.0691. The molecule has 0 aliphatic heterocycles. The molecule has 1 heterocycles. The predicted octanol–water partition coefficient (Wildman–Crippen LogP) is 0.405. The molecular formula is C10H12N2O4S. The number of aromatic nitrogens is 1. The maximum Gasteiger partial charge on any atom is 0.352 e. The summed E-state index contributed by atoms with van der Waals surface area (Å²) in [5.74, 6) is 4.16. The summed E-state index contributed by atoms with van der Waals surface area (Å²) in [5.41, 5.74) is -0.168. The zero-order chi connectivity index (χ0) is 12.9. The second-order valence-electron chi connectivity index (χ2n) is 3.13. The van der Waals surface area contributed by atoms with Gasteiger partial charge in [0.15, 0.2) is 0 Å². The first-order valence-electron chi connectivity index (χ1n) is 4.78. The van der Waals surface area contributed by atoms with E-state index >= 15 is 0 Å². The van der Waals surface area contributed by atoms with Gasteiger partial charge in [-0.15, -0.1) is 11.8 Å². The number of H-pyrrole nitrogens is 1. The predicted molar refractivity (Wildman–Crippen MR) is 61.0 cm³/mol. The highest BCUT2D eigenvalue weighted by Gasteiger charge is 2.17. The summed E-state index contributed by atoms with van der Waals surface area (Å²) in [7, 11) is -3.67. The standard InChI is InChI=1S/C10H12N2O4S/c1-2-3-4-5-12-17(15,16)8-6-9(10(13)14)11-7-8/h6-7,11-12H,4-5H2,1H3,(H,13,14). The number of carboxylic acids is 1. The molecule has 0 atom stereocenters. The lowest BCUT2D eigenvalue weighted by Gasteiger charge is -2.01. The molecule has 0 aliphatic rings. The largest absolute Gasteiger partial charge is 0.477 e. The highest BCUT2D eigenvalue weighted by molar-refractivity contribution is 7.89. The average molecular weight is 256 g/mol. The van der Waals surface area contributed by atoms with E-state index < -0.39 is 16.0 Å². The molecule has 0 amide bonds. The van der Waals surface area contributed by atoms with Crippen molar-refractivity contribution in [2.45, 2.75) is 18.2 Å². The second-order valence-corrected chi connectivity index (χ2v) is 4.90. The van der Waals surface area contributed by atoms with Gasteiger partial charge in [-0.05, 0) is 13.0 Å². The summed E-state index contributed by atoms with van der Waals surface area (Å²) >= 11 is 0. The Balaban J connectivity index is 2.74. The van der Waals surface area contributed by atoms with E-state index in [0.29, 0.717) is 6.42 Å². The SMILES string of the molecule is CC#CCCNS(=O)(=O)c1c[nH]c(C(=O)O)c1. The van der Waals surface area contributed by atoms with E-state index in [1.165, 1.54) is 0 Å². The number of hydrogen-bond donors (Lipinski definition) is 3. The van der Waals surface area contributed by atoms with Crippen molar-refractivity contribution in [1.29, 1.82) is 0 Å². The topological polar surface area (TPSA) is 99.3 Å². The van der Waals surface area contributed by atoms with Gasteiger partial charge >= 0.3 is 5.97 Å².